The first-order chi connectivity index (χ1) is 8.88. The number of carbonyl (C=O) groups is 1. The average molecular weight is 271 g/mol. The molecule has 0 aromatic carbocycles. The van der Waals surface area contributed by atoms with Crippen LogP contribution in [0.15, 0.2) is 0 Å². The summed E-state index contributed by atoms with van der Waals surface area (Å²) in [6, 6.07) is 0.180. The summed E-state index contributed by atoms with van der Waals surface area (Å²) >= 11 is 0. The van der Waals surface area contributed by atoms with Crippen LogP contribution in [-0.4, -0.2) is 37.1 Å². The zero-order valence-electron chi connectivity index (χ0n) is 13.9. The van der Waals surface area contributed by atoms with Gasteiger partial charge >= 0.3 is 0 Å². The summed E-state index contributed by atoms with van der Waals surface area (Å²) in [5.74, 6) is 1.27. The van der Waals surface area contributed by atoms with Crippen molar-refractivity contribution in [3.63, 3.8) is 0 Å². The van der Waals surface area contributed by atoms with E-state index in [4.69, 9.17) is 4.74 Å². The summed E-state index contributed by atoms with van der Waals surface area (Å²) in [6.07, 6.45) is 3.73. The van der Waals surface area contributed by atoms with E-state index in [1.807, 2.05) is 11.9 Å². The molecule has 0 saturated carbocycles. The fourth-order valence-corrected chi connectivity index (χ4v) is 2.54. The minimum atomic E-state index is 0.128. The molecule has 114 valence electrons. The van der Waals surface area contributed by atoms with Gasteiger partial charge in [0.15, 0.2) is 0 Å². The summed E-state index contributed by atoms with van der Waals surface area (Å²) in [7, 11) is 3.68. The number of hydrogen-bond donors (Lipinski definition) is 0. The first-order valence-electron chi connectivity index (χ1n) is 7.67. The van der Waals surface area contributed by atoms with Crippen molar-refractivity contribution >= 4 is 5.91 Å². The predicted molar refractivity (Wildman–Crippen MR) is 81.2 cm³/mol. The summed E-state index contributed by atoms with van der Waals surface area (Å²) in [6.45, 7) is 10.8. The Labute approximate surface area is 119 Å². The molecular formula is C16H33NO2. The average Bonchev–Trinajstić information content (AvgIpc) is 2.40. The Kier molecular flexibility index (Phi) is 9.07. The molecule has 0 radical (unpaired) electrons. The first kappa shape index (κ1) is 18.4. The molecule has 0 aliphatic rings. The Balaban J connectivity index is 4.79. The molecule has 0 N–H and O–H groups in total. The number of methoxy groups -OCH3 is 1. The second-order valence-electron chi connectivity index (χ2n) is 6.00. The van der Waals surface area contributed by atoms with Gasteiger partial charge in [-0.2, -0.15) is 0 Å². The number of ether oxygens (including phenoxy) is 1. The van der Waals surface area contributed by atoms with Crippen LogP contribution in [0.5, 0.6) is 0 Å². The molecule has 0 aromatic rings. The summed E-state index contributed by atoms with van der Waals surface area (Å²) in [4.78, 5) is 14.2. The van der Waals surface area contributed by atoms with Gasteiger partial charge < -0.3 is 9.64 Å². The van der Waals surface area contributed by atoms with Gasteiger partial charge in [0, 0.05) is 20.6 Å². The third-order valence-corrected chi connectivity index (χ3v) is 4.09. The number of hydrogen-bond acceptors (Lipinski definition) is 2. The molecule has 3 atom stereocenters. The van der Waals surface area contributed by atoms with Gasteiger partial charge in [0.2, 0.25) is 5.91 Å². The van der Waals surface area contributed by atoms with Crippen LogP contribution in [0.3, 0.4) is 0 Å². The maximum Gasteiger partial charge on any atom is 0.222 e. The Bertz CT molecular complexity index is 249. The van der Waals surface area contributed by atoms with Crippen LogP contribution < -0.4 is 0 Å². The second-order valence-corrected chi connectivity index (χ2v) is 6.00. The zero-order chi connectivity index (χ0) is 15.0. The minimum absolute atomic E-state index is 0.128. The Morgan fingerprint density at radius 3 is 2.11 bits per heavy atom. The van der Waals surface area contributed by atoms with Crippen molar-refractivity contribution in [3.8, 4) is 0 Å². The molecule has 0 heterocycles. The highest BCUT2D eigenvalue weighted by atomic mass is 16.5. The fourth-order valence-electron chi connectivity index (χ4n) is 2.54. The molecule has 0 saturated heterocycles. The summed E-state index contributed by atoms with van der Waals surface area (Å²) < 4.78 is 5.59. The number of rotatable bonds is 9. The fraction of sp³-hybridized carbons (Fsp3) is 0.938. The molecule has 19 heavy (non-hydrogen) atoms. The molecule has 0 aliphatic carbocycles. The first-order valence-corrected chi connectivity index (χ1v) is 7.67. The van der Waals surface area contributed by atoms with Crippen LogP contribution in [0.2, 0.25) is 0 Å². The molecule has 3 nitrogen and oxygen atoms in total. The van der Waals surface area contributed by atoms with E-state index in [1.165, 1.54) is 0 Å². The van der Waals surface area contributed by atoms with Crippen molar-refractivity contribution in [2.45, 2.75) is 72.4 Å². The van der Waals surface area contributed by atoms with Gasteiger partial charge in [0.05, 0.1) is 12.1 Å². The van der Waals surface area contributed by atoms with E-state index in [-0.39, 0.29) is 18.1 Å². The van der Waals surface area contributed by atoms with Crippen LogP contribution in [-0.2, 0) is 9.53 Å². The highest BCUT2D eigenvalue weighted by Crippen LogP contribution is 2.22. The topological polar surface area (TPSA) is 29.5 Å². The molecule has 3 heteroatoms. The lowest BCUT2D eigenvalue weighted by molar-refractivity contribution is -0.137. The minimum Gasteiger partial charge on any atom is -0.379 e. The Morgan fingerprint density at radius 2 is 1.74 bits per heavy atom. The van der Waals surface area contributed by atoms with Gasteiger partial charge in [-0.15, -0.1) is 0 Å². The van der Waals surface area contributed by atoms with Gasteiger partial charge in [-0.05, 0) is 24.7 Å². The van der Waals surface area contributed by atoms with E-state index in [0.717, 1.165) is 19.3 Å². The number of likely N-dealkylation sites (N-methyl/N-ethyl adjacent to an activating group) is 1. The lowest BCUT2D eigenvalue weighted by Crippen LogP contribution is -2.49. The van der Waals surface area contributed by atoms with Crippen molar-refractivity contribution in [3.05, 3.63) is 0 Å². The van der Waals surface area contributed by atoms with E-state index < -0.39 is 0 Å². The van der Waals surface area contributed by atoms with Gasteiger partial charge in [-0.25, -0.2) is 0 Å². The lowest BCUT2D eigenvalue weighted by atomic mass is 9.91. The number of nitrogens with zero attached hydrogens (tertiary/aromatic N) is 1. The van der Waals surface area contributed by atoms with Crippen molar-refractivity contribution in [2.75, 3.05) is 14.2 Å². The normalized spacial score (nSPS) is 16.2. The van der Waals surface area contributed by atoms with Crippen LogP contribution >= 0.6 is 0 Å². The molecule has 0 fully saturated rings. The quantitative estimate of drug-likeness (QED) is 0.639. The third-order valence-electron chi connectivity index (χ3n) is 4.09. The highest BCUT2D eigenvalue weighted by Gasteiger charge is 2.31. The van der Waals surface area contributed by atoms with Crippen LogP contribution in [0.4, 0.5) is 0 Å². The molecule has 0 rings (SSSR count). The van der Waals surface area contributed by atoms with E-state index in [0.29, 0.717) is 18.3 Å². The standard InChI is InChI=1S/C16H33NO2/c1-8-13(5)16(14(9-2)19-7)17(6)15(18)11-10-12(3)4/h12-14,16H,8-11H2,1-7H3. The Hall–Kier alpha value is -0.570. The molecule has 0 bridgehead atoms. The molecule has 1 amide bonds. The van der Waals surface area contributed by atoms with Crippen LogP contribution in [0.1, 0.15) is 60.3 Å². The van der Waals surface area contributed by atoms with Crippen LogP contribution in [0, 0.1) is 11.8 Å². The second kappa shape index (κ2) is 9.35. The smallest absolute Gasteiger partial charge is 0.222 e. The maximum absolute atomic E-state index is 12.3. The Morgan fingerprint density at radius 1 is 1.16 bits per heavy atom. The van der Waals surface area contributed by atoms with Crippen molar-refractivity contribution in [1.82, 2.24) is 4.90 Å². The molecule has 0 aliphatic heterocycles. The predicted octanol–water partition coefficient (Wildman–Crippen LogP) is 3.72. The number of amides is 1. The highest BCUT2D eigenvalue weighted by molar-refractivity contribution is 5.76. The molecule has 3 unspecified atom stereocenters. The monoisotopic (exact) mass is 271 g/mol. The van der Waals surface area contributed by atoms with E-state index in [1.54, 1.807) is 7.11 Å². The van der Waals surface area contributed by atoms with Gasteiger partial charge in [-0.3, -0.25) is 4.79 Å². The van der Waals surface area contributed by atoms with Crippen molar-refractivity contribution in [2.24, 2.45) is 11.8 Å². The zero-order valence-corrected chi connectivity index (χ0v) is 13.9. The van der Waals surface area contributed by atoms with Gasteiger partial charge in [0.1, 0.15) is 0 Å². The number of carbonyl (C=O) groups excluding carboxylic acids is 1. The summed E-state index contributed by atoms with van der Waals surface area (Å²) in [5, 5.41) is 0. The maximum atomic E-state index is 12.3. The molecule has 0 aromatic heterocycles. The lowest BCUT2D eigenvalue weighted by Gasteiger charge is -2.37. The van der Waals surface area contributed by atoms with Gasteiger partial charge in [-0.1, -0.05) is 41.0 Å². The third kappa shape index (κ3) is 5.94. The van der Waals surface area contributed by atoms with Crippen molar-refractivity contribution in [1.29, 1.82) is 0 Å². The molecule has 0 spiro atoms. The SMILES string of the molecule is CCC(C)C(C(CC)OC)N(C)C(=O)CCC(C)C. The summed E-state index contributed by atoms with van der Waals surface area (Å²) in [5.41, 5.74) is 0. The van der Waals surface area contributed by atoms with E-state index >= 15 is 0 Å². The largest absolute Gasteiger partial charge is 0.379 e. The van der Waals surface area contributed by atoms with Crippen LogP contribution in [0.25, 0.3) is 0 Å². The van der Waals surface area contributed by atoms with E-state index in [2.05, 4.69) is 34.6 Å². The molecular weight excluding hydrogens is 238 g/mol. The van der Waals surface area contributed by atoms with Gasteiger partial charge in [0.25, 0.3) is 0 Å². The van der Waals surface area contributed by atoms with Crippen molar-refractivity contribution < 1.29 is 9.53 Å². The van der Waals surface area contributed by atoms with E-state index in [9.17, 15) is 4.79 Å².